The molecular weight excluding hydrogens is 232 g/mol. The fourth-order valence-electron chi connectivity index (χ4n) is 2.93. The van der Waals surface area contributed by atoms with Crippen molar-refractivity contribution in [1.29, 1.82) is 0 Å². The summed E-state index contributed by atoms with van der Waals surface area (Å²) in [5, 5.41) is 3.80. The van der Waals surface area contributed by atoms with E-state index in [-0.39, 0.29) is 0 Å². The van der Waals surface area contributed by atoms with Crippen LogP contribution < -0.4 is 5.32 Å². The molecule has 0 radical (unpaired) electrons. The molecule has 3 atom stereocenters. The van der Waals surface area contributed by atoms with Crippen LogP contribution in [0.4, 0.5) is 0 Å². The fourth-order valence-corrected chi connectivity index (χ4v) is 2.93. The van der Waals surface area contributed by atoms with Crippen LogP contribution in [0.5, 0.6) is 0 Å². The van der Waals surface area contributed by atoms with E-state index in [1.54, 1.807) is 0 Å². The lowest BCUT2D eigenvalue weighted by Gasteiger charge is -2.36. The molecule has 1 heterocycles. The zero-order chi connectivity index (χ0) is 13.8. The number of rotatable bonds is 4. The van der Waals surface area contributed by atoms with Gasteiger partial charge in [-0.2, -0.15) is 0 Å². The summed E-state index contributed by atoms with van der Waals surface area (Å²) < 4.78 is 0. The van der Waals surface area contributed by atoms with Gasteiger partial charge in [0.2, 0.25) is 0 Å². The first kappa shape index (κ1) is 14.5. The van der Waals surface area contributed by atoms with Crippen molar-refractivity contribution in [2.75, 3.05) is 13.6 Å². The molecule has 1 saturated heterocycles. The first-order valence-electron chi connectivity index (χ1n) is 7.65. The Balaban J connectivity index is 1.91. The Bertz CT molecular complexity index is 385. The summed E-state index contributed by atoms with van der Waals surface area (Å²) in [7, 11) is 2.23. The molecule has 1 aromatic rings. The van der Waals surface area contributed by atoms with Crippen LogP contribution in [0.15, 0.2) is 24.3 Å². The van der Waals surface area contributed by atoms with Gasteiger partial charge in [-0.15, -0.1) is 0 Å². The molecule has 0 saturated carbocycles. The van der Waals surface area contributed by atoms with Crippen molar-refractivity contribution in [3.8, 4) is 0 Å². The van der Waals surface area contributed by atoms with E-state index in [1.165, 1.54) is 30.5 Å². The Morgan fingerprint density at radius 3 is 2.58 bits per heavy atom. The molecular formula is C17H28N2. The number of hydrogen-bond donors (Lipinski definition) is 1. The lowest BCUT2D eigenvalue weighted by molar-refractivity contribution is 0.163. The molecule has 0 aliphatic carbocycles. The van der Waals surface area contributed by atoms with Crippen molar-refractivity contribution in [2.24, 2.45) is 0 Å². The molecule has 0 aromatic heterocycles. The van der Waals surface area contributed by atoms with Gasteiger partial charge >= 0.3 is 0 Å². The zero-order valence-corrected chi connectivity index (χ0v) is 12.8. The van der Waals surface area contributed by atoms with Gasteiger partial charge in [-0.25, -0.2) is 0 Å². The predicted octanol–water partition coefficient (Wildman–Crippen LogP) is 3.38. The van der Waals surface area contributed by atoms with E-state index >= 15 is 0 Å². The zero-order valence-electron chi connectivity index (χ0n) is 12.8. The van der Waals surface area contributed by atoms with Crippen LogP contribution >= 0.6 is 0 Å². The minimum atomic E-state index is 0.450. The summed E-state index contributed by atoms with van der Waals surface area (Å²) in [6.45, 7) is 8.02. The quantitative estimate of drug-likeness (QED) is 0.893. The number of benzene rings is 1. The third kappa shape index (κ3) is 3.80. The lowest BCUT2D eigenvalue weighted by atomic mass is 9.97. The fraction of sp³-hybridized carbons (Fsp3) is 0.647. The average molecular weight is 260 g/mol. The number of likely N-dealkylation sites (tertiary alicyclic amines) is 1. The van der Waals surface area contributed by atoms with Crippen molar-refractivity contribution >= 4 is 0 Å². The van der Waals surface area contributed by atoms with E-state index in [0.717, 1.165) is 6.42 Å². The van der Waals surface area contributed by atoms with Crippen molar-refractivity contribution < 1.29 is 0 Å². The smallest absolute Gasteiger partial charge is 0.0294 e. The summed E-state index contributed by atoms with van der Waals surface area (Å²) >= 11 is 0. The van der Waals surface area contributed by atoms with Gasteiger partial charge in [0, 0.05) is 18.1 Å². The molecule has 1 aliphatic heterocycles. The Hall–Kier alpha value is -0.860. The van der Waals surface area contributed by atoms with Crippen LogP contribution in [-0.2, 0) is 6.42 Å². The molecule has 0 bridgehead atoms. The molecule has 0 spiro atoms. The highest BCUT2D eigenvalue weighted by atomic mass is 15.1. The topological polar surface area (TPSA) is 15.3 Å². The van der Waals surface area contributed by atoms with Crippen LogP contribution in [-0.4, -0.2) is 30.6 Å². The van der Waals surface area contributed by atoms with Gasteiger partial charge in [0.25, 0.3) is 0 Å². The number of piperidine rings is 1. The third-order valence-corrected chi connectivity index (χ3v) is 4.58. The van der Waals surface area contributed by atoms with Gasteiger partial charge in [-0.05, 0) is 57.8 Å². The molecule has 1 aliphatic rings. The van der Waals surface area contributed by atoms with Crippen LogP contribution in [0.25, 0.3) is 0 Å². The lowest BCUT2D eigenvalue weighted by Crippen LogP contribution is -2.46. The molecule has 1 N–H and O–H groups in total. The van der Waals surface area contributed by atoms with Crippen LogP contribution in [0.1, 0.15) is 50.8 Å². The van der Waals surface area contributed by atoms with Crippen LogP contribution in [0.2, 0.25) is 0 Å². The standard InChI is InChI=1S/C17H28N2/c1-5-15-6-8-16(9-7-15)14(3)18-17-10-11-19(4)13(2)12-17/h6-9,13-14,17-18H,5,10-12H2,1-4H3. The summed E-state index contributed by atoms with van der Waals surface area (Å²) in [6.07, 6.45) is 3.64. The average Bonchev–Trinajstić information content (AvgIpc) is 2.43. The first-order valence-corrected chi connectivity index (χ1v) is 7.65. The predicted molar refractivity (Wildman–Crippen MR) is 82.5 cm³/mol. The number of hydrogen-bond acceptors (Lipinski definition) is 2. The van der Waals surface area contributed by atoms with Crippen LogP contribution in [0.3, 0.4) is 0 Å². The van der Waals surface area contributed by atoms with Gasteiger partial charge in [-0.3, -0.25) is 0 Å². The molecule has 1 fully saturated rings. The maximum absolute atomic E-state index is 3.80. The molecule has 2 rings (SSSR count). The molecule has 2 heteroatoms. The maximum Gasteiger partial charge on any atom is 0.0294 e. The Labute approximate surface area is 118 Å². The van der Waals surface area contributed by atoms with Gasteiger partial charge in [0.15, 0.2) is 0 Å². The van der Waals surface area contributed by atoms with E-state index in [9.17, 15) is 0 Å². The number of nitrogens with zero attached hydrogens (tertiary/aromatic N) is 1. The van der Waals surface area contributed by atoms with E-state index in [2.05, 4.69) is 62.3 Å². The molecule has 1 aromatic carbocycles. The first-order chi connectivity index (χ1) is 9.10. The second-order valence-corrected chi connectivity index (χ2v) is 6.03. The minimum absolute atomic E-state index is 0.450. The monoisotopic (exact) mass is 260 g/mol. The van der Waals surface area contributed by atoms with E-state index in [4.69, 9.17) is 0 Å². The van der Waals surface area contributed by atoms with Gasteiger partial charge < -0.3 is 10.2 Å². The number of aryl methyl sites for hydroxylation is 1. The van der Waals surface area contributed by atoms with E-state index in [1.807, 2.05) is 0 Å². The highest BCUT2D eigenvalue weighted by Gasteiger charge is 2.23. The largest absolute Gasteiger partial charge is 0.307 e. The SMILES string of the molecule is CCc1ccc(C(C)NC2CCN(C)C(C)C2)cc1. The highest BCUT2D eigenvalue weighted by molar-refractivity contribution is 5.24. The third-order valence-electron chi connectivity index (χ3n) is 4.58. The second kappa shape index (κ2) is 6.53. The molecule has 3 unspecified atom stereocenters. The Morgan fingerprint density at radius 2 is 2.00 bits per heavy atom. The van der Waals surface area contributed by atoms with E-state index in [0.29, 0.717) is 18.1 Å². The van der Waals surface area contributed by atoms with E-state index < -0.39 is 0 Å². The minimum Gasteiger partial charge on any atom is -0.307 e. The second-order valence-electron chi connectivity index (χ2n) is 6.03. The van der Waals surface area contributed by atoms with Crippen molar-refractivity contribution in [1.82, 2.24) is 10.2 Å². The van der Waals surface area contributed by atoms with Crippen molar-refractivity contribution in [2.45, 2.75) is 58.2 Å². The highest BCUT2D eigenvalue weighted by Crippen LogP contribution is 2.20. The summed E-state index contributed by atoms with van der Waals surface area (Å²) in [5.74, 6) is 0. The summed E-state index contributed by atoms with van der Waals surface area (Å²) in [5.41, 5.74) is 2.83. The van der Waals surface area contributed by atoms with Gasteiger partial charge in [-0.1, -0.05) is 31.2 Å². The molecule has 2 nitrogen and oxygen atoms in total. The van der Waals surface area contributed by atoms with Crippen molar-refractivity contribution in [3.05, 3.63) is 35.4 Å². The van der Waals surface area contributed by atoms with Gasteiger partial charge in [0.05, 0.1) is 0 Å². The Kier molecular flexibility index (Phi) is 5.00. The summed E-state index contributed by atoms with van der Waals surface area (Å²) in [4.78, 5) is 2.46. The van der Waals surface area contributed by atoms with Crippen molar-refractivity contribution in [3.63, 3.8) is 0 Å². The normalized spacial score (nSPS) is 26.3. The van der Waals surface area contributed by atoms with Gasteiger partial charge in [0.1, 0.15) is 0 Å². The Morgan fingerprint density at radius 1 is 1.32 bits per heavy atom. The molecule has 0 amide bonds. The van der Waals surface area contributed by atoms with Crippen LogP contribution in [0, 0.1) is 0 Å². The molecule has 106 valence electrons. The summed E-state index contributed by atoms with van der Waals surface area (Å²) in [6, 6.07) is 10.9. The molecule has 19 heavy (non-hydrogen) atoms. The maximum atomic E-state index is 3.80. The number of nitrogens with one attached hydrogen (secondary N) is 1.